The summed E-state index contributed by atoms with van der Waals surface area (Å²) in [7, 11) is 0. The second-order valence-corrected chi connectivity index (χ2v) is 27.6. The van der Waals surface area contributed by atoms with Crippen LogP contribution in [0.1, 0.15) is 359 Å². The van der Waals surface area contributed by atoms with Gasteiger partial charge in [0.2, 0.25) is 0 Å². The zero-order chi connectivity index (χ0) is 60.6. The molecule has 490 valence electrons. The molecule has 0 saturated heterocycles. The van der Waals surface area contributed by atoms with Crippen molar-refractivity contribution in [3.63, 3.8) is 0 Å². The second kappa shape index (κ2) is 49.3. The number of fused-ring (bicyclic) bond motifs is 3. The Morgan fingerprint density at radius 3 is 1.07 bits per heavy atom. The fraction of sp³-hybridized carbons (Fsp3) is 0.775. The maximum Gasteiger partial charge on any atom is 0.141 e. The Balaban J connectivity index is 1.13. The van der Waals surface area contributed by atoms with Gasteiger partial charge in [-0.15, -0.1) is 0 Å². The minimum Gasteiger partial charge on any atom is -0.493 e. The van der Waals surface area contributed by atoms with E-state index >= 15 is 0 Å². The molecule has 86 heavy (non-hydrogen) atoms. The maximum atomic E-state index is 12.8. The minimum atomic E-state index is -1.31. The number of unbranched alkanes of at least 4 members (excludes halogenated alkanes) is 45. The highest BCUT2D eigenvalue weighted by atomic mass is 35.5. The SMILES string of the molecule is CCCCCCCCCCCCCCCCCCOC1CC(COc2ccc3c(c2)C(O)(c2ccc(Cl)cc2)c2ccccc2-3)CC(OCCCCCCCCCCCCCCCCCC)C1OCCCCCCCCCCCCCCCCCC. The summed E-state index contributed by atoms with van der Waals surface area (Å²) < 4.78 is 27.9. The number of hydrogen-bond acceptors (Lipinski definition) is 5. The Bertz CT molecular complexity index is 1990. The Morgan fingerprint density at radius 2 is 0.698 bits per heavy atom. The first-order valence-electron chi connectivity index (χ1n) is 37.7. The quantitative estimate of drug-likeness (QED) is 0.0571. The van der Waals surface area contributed by atoms with Gasteiger partial charge in [0.1, 0.15) is 17.5 Å². The van der Waals surface area contributed by atoms with Crippen LogP contribution in [0, 0.1) is 5.92 Å². The van der Waals surface area contributed by atoms with Gasteiger partial charge in [0.05, 0.1) is 18.8 Å². The molecule has 2 aliphatic carbocycles. The number of rotatable bonds is 58. The van der Waals surface area contributed by atoms with Gasteiger partial charge in [0.15, 0.2) is 0 Å². The van der Waals surface area contributed by atoms with Crippen molar-refractivity contribution in [2.24, 2.45) is 5.92 Å². The molecular formula is C80H133ClO5. The van der Waals surface area contributed by atoms with Crippen molar-refractivity contribution in [3.8, 4) is 16.9 Å². The topological polar surface area (TPSA) is 57.2 Å². The van der Waals surface area contributed by atoms with Gasteiger partial charge in [-0.25, -0.2) is 0 Å². The van der Waals surface area contributed by atoms with Crippen molar-refractivity contribution in [1.82, 2.24) is 0 Å². The lowest BCUT2D eigenvalue weighted by molar-refractivity contribution is -0.172. The molecule has 0 spiro atoms. The van der Waals surface area contributed by atoms with Crippen LogP contribution in [0.4, 0.5) is 0 Å². The van der Waals surface area contributed by atoms with Gasteiger partial charge in [-0.05, 0) is 79.0 Å². The van der Waals surface area contributed by atoms with Crippen LogP contribution >= 0.6 is 11.6 Å². The molecule has 2 aliphatic rings. The van der Waals surface area contributed by atoms with Gasteiger partial charge in [-0.1, -0.05) is 364 Å². The predicted octanol–water partition coefficient (Wildman–Crippen LogP) is 25.3. The third-order valence-electron chi connectivity index (χ3n) is 19.6. The van der Waals surface area contributed by atoms with Crippen LogP contribution in [0.15, 0.2) is 66.7 Å². The molecule has 0 aromatic heterocycles. The van der Waals surface area contributed by atoms with E-state index in [1.54, 1.807) is 0 Å². The third-order valence-corrected chi connectivity index (χ3v) is 19.8. The van der Waals surface area contributed by atoms with Crippen molar-refractivity contribution >= 4 is 11.6 Å². The molecule has 1 fully saturated rings. The number of hydrogen-bond donors (Lipinski definition) is 1. The smallest absolute Gasteiger partial charge is 0.141 e. The normalized spacial score (nSPS) is 18.2. The van der Waals surface area contributed by atoms with Crippen LogP contribution in [0.3, 0.4) is 0 Å². The summed E-state index contributed by atoms with van der Waals surface area (Å²) in [6, 6.07) is 22.2. The van der Waals surface area contributed by atoms with Gasteiger partial charge in [-0.2, -0.15) is 0 Å². The lowest BCUT2D eigenvalue weighted by Crippen LogP contribution is -2.50. The Hall–Kier alpha value is -2.41. The summed E-state index contributed by atoms with van der Waals surface area (Å²) in [6.45, 7) is 9.81. The summed E-state index contributed by atoms with van der Waals surface area (Å²) in [6.07, 6.45) is 67.3. The van der Waals surface area contributed by atoms with E-state index in [1.807, 2.05) is 36.4 Å². The molecule has 0 heterocycles. The monoisotopic (exact) mass is 1210 g/mol. The number of aliphatic hydroxyl groups is 1. The van der Waals surface area contributed by atoms with E-state index in [2.05, 4.69) is 51.1 Å². The van der Waals surface area contributed by atoms with Crippen LogP contribution in [-0.2, 0) is 19.8 Å². The molecule has 6 heteroatoms. The van der Waals surface area contributed by atoms with Crippen molar-refractivity contribution in [3.05, 3.63) is 88.4 Å². The van der Waals surface area contributed by atoms with E-state index in [0.29, 0.717) is 11.6 Å². The lowest BCUT2D eigenvalue weighted by Gasteiger charge is -2.41. The van der Waals surface area contributed by atoms with E-state index in [9.17, 15) is 5.11 Å². The Kier molecular flexibility index (Phi) is 42.6. The molecule has 0 aliphatic heterocycles. The van der Waals surface area contributed by atoms with Crippen molar-refractivity contribution < 1.29 is 24.1 Å². The zero-order valence-electron chi connectivity index (χ0n) is 56.3. The molecule has 3 atom stereocenters. The van der Waals surface area contributed by atoms with E-state index in [-0.39, 0.29) is 24.2 Å². The van der Waals surface area contributed by atoms with Crippen molar-refractivity contribution in [2.45, 2.75) is 366 Å². The highest BCUT2D eigenvalue weighted by Gasteiger charge is 2.44. The number of benzene rings is 3. The largest absolute Gasteiger partial charge is 0.493 e. The summed E-state index contributed by atoms with van der Waals surface area (Å²) in [5.41, 5.74) is 3.33. The second-order valence-electron chi connectivity index (χ2n) is 27.2. The average Bonchev–Trinajstić information content (AvgIpc) is 1.58. The molecular weight excluding hydrogens is 1080 g/mol. The zero-order valence-corrected chi connectivity index (χ0v) is 57.1. The Morgan fingerprint density at radius 1 is 0.372 bits per heavy atom. The maximum absolute atomic E-state index is 12.8. The molecule has 5 nitrogen and oxygen atoms in total. The molecule has 3 aromatic rings. The van der Waals surface area contributed by atoms with Crippen LogP contribution in [0.2, 0.25) is 5.02 Å². The van der Waals surface area contributed by atoms with E-state index in [1.165, 1.54) is 289 Å². The van der Waals surface area contributed by atoms with Gasteiger partial charge < -0.3 is 24.1 Å². The lowest BCUT2D eigenvalue weighted by atomic mass is 9.83. The van der Waals surface area contributed by atoms with Crippen LogP contribution in [0.5, 0.6) is 5.75 Å². The number of ether oxygens (including phenoxy) is 4. The van der Waals surface area contributed by atoms with Crippen LogP contribution < -0.4 is 4.74 Å². The fourth-order valence-electron chi connectivity index (χ4n) is 14.1. The molecule has 3 aromatic carbocycles. The van der Waals surface area contributed by atoms with Gasteiger partial charge >= 0.3 is 0 Å². The van der Waals surface area contributed by atoms with E-state index in [0.717, 1.165) is 85.5 Å². The van der Waals surface area contributed by atoms with Crippen molar-refractivity contribution in [2.75, 3.05) is 26.4 Å². The molecule has 0 radical (unpaired) electrons. The highest BCUT2D eigenvalue weighted by Crippen LogP contribution is 2.52. The van der Waals surface area contributed by atoms with Gasteiger partial charge in [0, 0.05) is 36.0 Å². The predicted molar refractivity (Wildman–Crippen MR) is 372 cm³/mol. The molecule has 5 rings (SSSR count). The highest BCUT2D eigenvalue weighted by molar-refractivity contribution is 6.30. The van der Waals surface area contributed by atoms with Gasteiger partial charge in [0.25, 0.3) is 0 Å². The average molecular weight is 1210 g/mol. The Labute approximate surface area is 536 Å². The van der Waals surface area contributed by atoms with Crippen LogP contribution in [-0.4, -0.2) is 49.8 Å². The minimum absolute atomic E-state index is 0.0324. The van der Waals surface area contributed by atoms with Gasteiger partial charge in [-0.3, -0.25) is 0 Å². The summed E-state index contributed by atoms with van der Waals surface area (Å²) in [5, 5.41) is 13.4. The fourth-order valence-corrected chi connectivity index (χ4v) is 14.2. The summed E-state index contributed by atoms with van der Waals surface area (Å²) in [5.74, 6) is 1.03. The summed E-state index contributed by atoms with van der Waals surface area (Å²) >= 11 is 6.38. The van der Waals surface area contributed by atoms with E-state index < -0.39 is 5.60 Å². The molecule has 1 saturated carbocycles. The standard InChI is InChI=1S/C80H133ClO5/c1-4-7-10-13-16-19-22-25-28-31-34-37-40-43-46-51-62-83-77-65-69(68-86-72-60-61-74-73-54-49-50-55-75(73)80(82,76(74)67-72)70-56-58-71(81)59-57-70)66-78(84-63-52-47-44-41-38-35-32-29-26-23-20-17-14-11-8-5-2)79(77)85-64-53-48-45-42-39-36-33-30-27-24-21-18-15-12-9-6-3/h49-50,54-61,67,69,77-79,82H,4-48,51-53,62-66,68H2,1-3H3. The van der Waals surface area contributed by atoms with Crippen LogP contribution in [0.25, 0.3) is 11.1 Å². The van der Waals surface area contributed by atoms with Crippen molar-refractivity contribution in [1.29, 1.82) is 0 Å². The van der Waals surface area contributed by atoms with E-state index in [4.69, 9.17) is 30.5 Å². The first kappa shape index (κ1) is 74.3. The first-order chi connectivity index (χ1) is 42.5. The molecule has 1 N–H and O–H groups in total. The number of halogens is 1. The molecule has 3 unspecified atom stereocenters. The molecule has 0 bridgehead atoms. The summed E-state index contributed by atoms with van der Waals surface area (Å²) in [4.78, 5) is 0. The first-order valence-corrected chi connectivity index (χ1v) is 38.1. The molecule has 0 amide bonds. The third kappa shape index (κ3) is 30.6.